The number of hydrogen-bond acceptors (Lipinski definition) is 7. The van der Waals surface area contributed by atoms with Crippen molar-refractivity contribution in [3.8, 4) is 17.2 Å². The molecule has 1 unspecified atom stereocenters. The molecule has 8 nitrogen and oxygen atoms in total. The summed E-state index contributed by atoms with van der Waals surface area (Å²) in [7, 11) is 4.49. The van der Waals surface area contributed by atoms with E-state index in [1.165, 1.54) is 45.2 Å². The van der Waals surface area contributed by atoms with Crippen LogP contribution >= 0.6 is 11.8 Å². The summed E-state index contributed by atoms with van der Waals surface area (Å²) in [6.45, 7) is 0. The number of hydrogen-bond donors (Lipinski definition) is 2. The second kappa shape index (κ2) is 9.53. The van der Waals surface area contributed by atoms with Crippen molar-refractivity contribution >= 4 is 23.5 Å². The highest BCUT2D eigenvalue weighted by Gasteiger charge is 2.34. The number of anilines is 1. The number of thioether (sulfide) groups is 1. The summed E-state index contributed by atoms with van der Waals surface area (Å²) < 4.78 is 29.5. The van der Waals surface area contributed by atoms with E-state index in [1.54, 1.807) is 24.3 Å². The Kier molecular flexibility index (Phi) is 6.55. The molecule has 0 bridgehead atoms. The van der Waals surface area contributed by atoms with Crippen LogP contribution in [0.4, 0.5) is 10.2 Å². The van der Waals surface area contributed by atoms with Crippen LogP contribution in [-0.4, -0.2) is 37.2 Å². The van der Waals surface area contributed by atoms with E-state index in [-0.39, 0.29) is 29.5 Å². The number of aromatic nitrogens is 2. The van der Waals surface area contributed by atoms with E-state index in [4.69, 9.17) is 14.2 Å². The number of aromatic amines is 1. The molecule has 0 radical (unpaired) electrons. The largest absolute Gasteiger partial charge is 0.493 e. The van der Waals surface area contributed by atoms with Crippen LogP contribution in [0.25, 0.3) is 0 Å². The van der Waals surface area contributed by atoms with Gasteiger partial charge in [-0.2, -0.15) is 0 Å². The van der Waals surface area contributed by atoms with Crippen LogP contribution in [0.3, 0.4) is 0 Å². The van der Waals surface area contributed by atoms with Gasteiger partial charge in [0.05, 0.1) is 26.9 Å². The molecule has 172 valence electrons. The summed E-state index contributed by atoms with van der Waals surface area (Å²) in [5.74, 6) is 0.744. The molecule has 2 N–H and O–H groups in total. The molecule has 0 spiro atoms. The van der Waals surface area contributed by atoms with Gasteiger partial charge in [0.15, 0.2) is 16.7 Å². The molecule has 1 atom stereocenters. The zero-order valence-corrected chi connectivity index (χ0v) is 19.0. The SMILES string of the molecule is COc1ccc(C2CC(=O)Nc3nc(SCc4ccc(F)cc4)[nH]c(=O)c32)c(OC)c1OC. The molecule has 1 aliphatic heterocycles. The lowest BCUT2D eigenvalue weighted by atomic mass is 9.86. The number of amides is 1. The minimum Gasteiger partial charge on any atom is -0.493 e. The van der Waals surface area contributed by atoms with E-state index >= 15 is 0 Å². The highest BCUT2D eigenvalue weighted by Crippen LogP contribution is 2.46. The first-order valence-electron chi connectivity index (χ1n) is 10.0. The number of carbonyl (C=O) groups excluding carboxylic acids is 1. The third-order valence-electron chi connectivity index (χ3n) is 5.33. The van der Waals surface area contributed by atoms with Crippen molar-refractivity contribution in [1.82, 2.24) is 9.97 Å². The van der Waals surface area contributed by atoms with E-state index < -0.39 is 5.92 Å². The van der Waals surface area contributed by atoms with Crippen molar-refractivity contribution in [2.75, 3.05) is 26.6 Å². The van der Waals surface area contributed by atoms with Gasteiger partial charge in [-0.1, -0.05) is 30.0 Å². The minimum atomic E-state index is -0.587. The highest BCUT2D eigenvalue weighted by molar-refractivity contribution is 7.98. The van der Waals surface area contributed by atoms with Crippen LogP contribution < -0.4 is 25.1 Å². The molecule has 0 saturated carbocycles. The maximum atomic E-state index is 13.1. The van der Waals surface area contributed by atoms with Crippen LogP contribution in [0, 0.1) is 5.82 Å². The van der Waals surface area contributed by atoms with Crippen molar-refractivity contribution in [3.05, 3.63) is 69.3 Å². The summed E-state index contributed by atoms with van der Waals surface area (Å²) in [5, 5.41) is 3.06. The first kappa shape index (κ1) is 22.7. The van der Waals surface area contributed by atoms with Crippen LogP contribution in [-0.2, 0) is 10.5 Å². The summed E-state index contributed by atoms with van der Waals surface area (Å²) in [6, 6.07) is 9.54. The van der Waals surface area contributed by atoms with Crippen molar-refractivity contribution in [3.63, 3.8) is 0 Å². The van der Waals surface area contributed by atoms with Crippen LogP contribution in [0.15, 0.2) is 46.3 Å². The Bertz CT molecular complexity index is 1250. The molecule has 10 heteroatoms. The van der Waals surface area contributed by atoms with E-state index in [0.717, 1.165) is 5.56 Å². The molecule has 3 aromatic rings. The summed E-state index contributed by atoms with van der Waals surface area (Å²) in [4.78, 5) is 32.9. The normalized spacial score (nSPS) is 14.9. The Morgan fingerprint density at radius 1 is 1.03 bits per heavy atom. The number of rotatable bonds is 7. The molecule has 33 heavy (non-hydrogen) atoms. The average Bonchev–Trinajstić information content (AvgIpc) is 2.81. The number of carbonyl (C=O) groups is 1. The Morgan fingerprint density at radius 2 is 1.76 bits per heavy atom. The number of methoxy groups -OCH3 is 3. The van der Waals surface area contributed by atoms with Crippen molar-refractivity contribution < 1.29 is 23.4 Å². The van der Waals surface area contributed by atoms with Crippen LogP contribution in [0.2, 0.25) is 0 Å². The average molecular weight is 472 g/mol. The molecule has 2 heterocycles. The third kappa shape index (κ3) is 4.51. The zero-order valence-electron chi connectivity index (χ0n) is 18.2. The number of fused-ring (bicyclic) bond motifs is 1. The van der Waals surface area contributed by atoms with Gasteiger partial charge in [0, 0.05) is 23.7 Å². The van der Waals surface area contributed by atoms with Gasteiger partial charge < -0.3 is 24.5 Å². The highest BCUT2D eigenvalue weighted by atomic mass is 32.2. The van der Waals surface area contributed by atoms with Gasteiger partial charge in [0.1, 0.15) is 11.6 Å². The Balaban J connectivity index is 1.72. The molecule has 1 aromatic heterocycles. The van der Waals surface area contributed by atoms with Gasteiger partial charge >= 0.3 is 0 Å². The standard InChI is InChI=1S/C23H22FN3O5S/c1-30-16-9-8-14(19(31-2)20(16)32-3)15-10-17(28)25-21-18(15)22(29)27-23(26-21)33-11-12-4-6-13(24)7-5-12/h4-9,15H,10-11H2,1-3H3,(H2,25,26,27,28,29). The quantitative estimate of drug-likeness (QED) is 0.400. The lowest BCUT2D eigenvalue weighted by Gasteiger charge is -2.26. The van der Waals surface area contributed by atoms with E-state index in [2.05, 4.69) is 15.3 Å². The van der Waals surface area contributed by atoms with Gasteiger partial charge in [-0.3, -0.25) is 9.59 Å². The lowest BCUT2D eigenvalue weighted by molar-refractivity contribution is -0.116. The summed E-state index contributed by atoms with van der Waals surface area (Å²) in [5.41, 5.74) is 1.47. The molecular formula is C23H22FN3O5S. The van der Waals surface area contributed by atoms with Crippen molar-refractivity contribution in [1.29, 1.82) is 0 Å². The smallest absolute Gasteiger partial charge is 0.257 e. The van der Waals surface area contributed by atoms with Gasteiger partial charge in [-0.25, -0.2) is 9.37 Å². The molecular weight excluding hydrogens is 449 g/mol. The number of benzene rings is 2. The van der Waals surface area contributed by atoms with E-state index in [1.807, 2.05) is 0 Å². The molecule has 0 saturated heterocycles. The third-order valence-corrected chi connectivity index (χ3v) is 6.27. The predicted molar refractivity (Wildman–Crippen MR) is 122 cm³/mol. The monoisotopic (exact) mass is 471 g/mol. The number of nitrogens with one attached hydrogen (secondary N) is 2. The lowest BCUT2D eigenvalue weighted by Crippen LogP contribution is -2.31. The number of H-pyrrole nitrogens is 1. The van der Waals surface area contributed by atoms with E-state index in [0.29, 0.717) is 39.3 Å². The fourth-order valence-corrected chi connectivity index (χ4v) is 4.63. The van der Waals surface area contributed by atoms with Gasteiger partial charge in [-0.05, 0) is 23.8 Å². The first-order chi connectivity index (χ1) is 15.9. The van der Waals surface area contributed by atoms with Crippen LogP contribution in [0.1, 0.15) is 29.0 Å². The van der Waals surface area contributed by atoms with Crippen LogP contribution in [0.5, 0.6) is 17.2 Å². The molecule has 1 amide bonds. The maximum Gasteiger partial charge on any atom is 0.257 e. The van der Waals surface area contributed by atoms with Gasteiger partial charge in [-0.15, -0.1) is 0 Å². The minimum absolute atomic E-state index is 0.0473. The molecule has 4 rings (SSSR count). The van der Waals surface area contributed by atoms with Crippen molar-refractivity contribution in [2.24, 2.45) is 0 Å². The molecule has 0 fully saturated rings. The molecule has 0 aliphatic carbocycles. The number of nitrogens with zero attached hydrogens (tertiary/aromatic N) is 1. The Morgan fingerprint density at radius 3 is 2.42 bits per heavy atom. The van der Waals surface area contributed by atoms with Gasteiger partial charge in [0.2, 0.25) is 11.7 Å². The predicted octanol–water partition coefficient (Wildman–Crippen LogP) is 3.70. The second-order valence-corrected chi connectivity index (χ2v) is 8.24. The first-order valence-corrected chi connectivity index (χ1v) is 11.0. The molecule has 2 aromatic carbocycles. The summed E-state index contributed by atoms with van der Waals surface area (Å²) >= 11 is 1.28. The fourth-order valence-electron chi connectivity index (χ4n) is 3.82. The fraction of sp³-hybridized carbons (Fsp3) is 0.261. The van der Waals surface area contributed by atoms with E-state index in [9.17, 15) is 14.0 Å². The second-order valence-electron chi connectivity index (χ2n) is 7.28. The summed E-state index contributed by atoms with van der Waals surface area (Å²) in [6.07, 6.45) is 0.0473. The Hall–Kier alpha value is -3.53. The Labute approximate surface area is 193 Å². The molecule has 1 aliphatic rings. The topological polar surface area (TPSA) is 103 Å². The van der Waals surface area contributed by atoms with Gasteiger partial charge in [0.25, 0.3) is 5.56 Å². The number of halogens is 1. The zero-order chi connectivity index (χ0) is 23.5. The maximum absolute atomic E-state index is 13.1. The number of ether oxygens (including phenoxy) is 3. The van der Waals surface area contributed by atoms with Crippen molar-refractivity contribution in [2.45, 2.75) is 23.2 Å².